The van der Waals surface area contributed by atoms with Crippen LogP contribution in [0.3, 0.4) is 0 Å². The highest BCUT2D eigenvalue weighted by Crippen LogP contribution is 2.47. The monoisotopic (exact) mass is 1090 g/mol. The van der Waals surface area contributed by atoms with Gasteiger partial charge in [0.05, 0.1) is 0 Å². The van der Waals surface area contributed by atoms with Gasteiger partial charge in [0, 0.05) is 121 Å². The molecule has 0 saturated heterocycles. The van der Waals surface area contributed by atoms with Gasteiger partial charge >= 0.3 is 35.8 Å². The summed E-state index contributed by atoms with van der Waals surface area (Å²) >= 11 is 0. The molecular formula is C60H84O18. The zero-order valence-corrected chi connectivity index (χ0v) is 47.0. The van der Waals surface area contributed by atoms with Crippen LogP contribution >= 0.6 is 0 Å². The van der Waals surface area contributed by atoms with Crippen LogP contribution in [0.15, 0.2) is 36.4 Å². The van der Waals surface area contributed by atoms with E-state index in [1.54, 1.807) is 79.1 Å². The molecule has 4 rings (SSSR count). The smallest absolute Gasteiger partial charge is 0.311 e. The summed E-state index contributed by atoms with van der Waals surface area (Å²) in [6.07, 6.45) is 12.3. The SMILES string of the molecule is COCCCCCC(=O)Oc1cc2c3cc(OC(=O)CCCCCOC)c(OC(=O)CCCCCOC)cc3c3cc(OC(=O)CCCCCOC)c(OC(=O)CCCCCOC)cc3c2cc1OC(=O)CCCCCOC. The van der Waals surface area contributed by atoms with Gasteiger partial charge in [-0.15, -0.1) is 0 Å². The van der Waals surface area contributed by atoms with Crippen LogP contribution in [0.5, 0.6) is 34.5 Å². The molecule has 0 aliphatic carbocycles. The van der Waals surface area contributed by atoms with Crippen LogP contribution in [-0.2, 0) is 57.2 Å². The van der Waals surface area contributed by atoms with E-state index in [4.69, 9.17) is 56.8 Å². The lowest BCUT2D eigenvalue weighted by Gasteiger charge is -2.19. The van der Waals surface area contributed by atoms with E-state index in [0.717, 1.165) is 38.5 Å². The average Bonchev–Trinajstić information content (AvgIpc) is 3.58. The third-order valence-electron chi connectivity index (χ3n) is 12.8. The van der Waals surface area contributed by atoms with Crippen LogP contribution < -0.4 is 28.4 Å². The van der Waals surface area contributed by atoms with E-state index in [9.17, 15) is 28.8 Å². The highest BCUT2D eigenvalue weighted by Gasteiger charge is 2.25. The molecule has 0 spiro atoms. The Hall–Kier alpha value is -5.76. The minimum atomic E-state index is -0.563. The van der Waals surface area contributed by atoms with E-state index >= 15 is 0 Å². The maximum absolute atomic E-state index is 13.6. The molecule has 0 N–H and O–H groups in total. The fraction of sp³-hybridized carbons (Fsp3) is 0.600. The second-order valence-corrected chi connectivity index (χ2v) is 19.2. The minimum absolute atomic E-state index is 0.0486. The summed E-state index contributed by atoms with van der Waals surface area (Å²) in [6.45, 7) is 3.27. The van der Waals surface area contributed by atoms with Gasteiger partial charge in [0.15, 0.2) is 34.5 Å². The van der Waals surface area contributed by atoms with Crippen molar-refractivity contribution in [3.8, 4) is 34.5 Å². The van der Waals surface area contributed by atoms with Crippen molar-refractivity contribution in [2.75, 3.05) is 82.3 Å². The van der Waals surface area contributed by atoms with Crippen molar-refractivity contribution >= 4 is 68.1 Å². The first-order valence-electron chi connectivity index (χ1n) is 27.7. The van der Waals surface area contributed by atoms with Crippen LogP contribution in [0.1, 0.15) is 154 Å². The van der Waals surface area contributed by atoms with Gasteiger partial charge < -0.3 is 56.8 Å². The number of hydrogen-bond donors (Lipinski definition) is 0. The van der Waals surface area contributed by atoms with Crippen molar-refractivity contribution < 1.29 is 85.6 Å². The van der Waals surface area contributed by atoms with Crippen molar-refractivity contribution in [3.05, 3.63) is 36.4 Å². The molecule has 0 saturated carbocycles. The van der Waals surface area contributed by atoms with Gasteiger partial charge in [-0.1, -0.05) is 38.5 Å². The van der Waals surface area contributed by atoms with Crippen molar-refractivity contribution in [1.29, 1.82) is 0 Å². The predicted molar refractivity (Wildman–Crippen MR) is 295 cm³/mol. The number of ether oxygens (including phenoxy) is 12. The standard InChI is InChI=1S/C60H84O18/c1-67-31-19-7-13-25-55(61)73-49-37-43-44(38-50(49)74-56(62)26-14-8-20-32-68-2)46-40-52(76-58(64)28-16-10-22-34-70-4)54(78-60(66)30-18-12-24-36-72-6)42-48(46)47-41-53(77-59(65)29-17-11-23-35-71-5)51(39-45(43)47)75-57(63)27-15-9-21-33-69-3/h37-42H,7-36H2,1-6H3. The number of carbonyl (C=O) groups excluding carboxylic acids is 6. The molecule has 18 nitrogen and oxygen atoms in total. The third kappa shape index (κ3) is 23.3. The summed E-state index contributed by atoms with van der Waals surface area (Å²) in [5.41, 5.74) is 0. The Bertz CT molecular complexity index is 2030. The van der Waals surface area contributed by atoms with E-state index in [0.29, 0.717) is 149 Å². The summed E-state index contributed by atoms with van der Waals surface area (Å²) in [5, 5.41) is 2.60. The molecule has 0 fully saturated rings. The molecule has 18 heteroatoms. The second kappa shape index (κ2) is 37.9. The second-order valence-electron chi connectivity index (χ2n) is 19.2. The molecule has 0 amide bonds. The number of rotatable bonds is 42. The summed E-state index contributed by atoms with van der Waals surface area (Å²) in [5.74, 6) is -3.67. The van der Waals surface area contributed by atoms with Crippen LogP contribution in [0.4, 0.5) is 0 Å². The Morgan fingerprint density at radius 3 is 0.500 bits per heavy atom. The quantitative estimate of drug-likeness (QED) is 0.0175. The summed E-state index contributed by atoms with van der Waals surface area (Å²) in [6, 6.07) is 9.48. The Balaban J connectivity index is 2.05. The number of hydrogen-bond acceptors (Lipinski definition) is 18. The van der Waals surface area contributed by atoms with Crippen LogP contribution in [0.2, 0.25) is 0 Å². The Morgan fingerprint density at radius 1 is 0.231 bits per heavy atom. The number of fused-ring (bicyclic) bond motifs is 6. The first kappa shape index (κ1) is 64.8. The average molecular weight is 1090 g/mol. The fourth-order valence-corrected chi connectivity index (χ4v) is 8.69. The van der Waals surface area contributed by atoms with Crippen molar-refractivity contribution in [2.45, 2.75) is 154 Å². The largest absolute Gasteiger partial charge is 0.422 e. The van der Waals surface area contributed by atoms with Gasteiger partial charge in [-0.25, -0.2) is 0 Å². The van der Waals surface area contributed by atoms with E-state index in [-0.39, 0.29) is 73.0 Å². The Morgan fingerprint density at radius 2 is 0.372 bits per heavy atom. The van der Waals surface area contributed by atoms with Crippen molar-refractivity contribution in [3.63, 3.8) is 0 Å². The van der Waals surface area contributed by atoms with E-state index < -0.39 is 35.8 Å². The minimum Gasteiger partial charge on any atom is -0.422 e. The first-order chi connectivity index (χ1) is 38.0. The maximum Gasteiger partial charge on any atom is 0.311 e. The highest BCUT2D eigenvalue weighted by molar-refractivity contribution is 6.27. The lowest BCUT2D eigenvalue weighted by Crippen LogP contribution is -2.13. The molecule has 4 aromatic carbocycles. The number of unbranched alkanes of at least 4 members (excludes halogenated alkanes) is 12. The van der Waals surface area contributed by atoms with E-state index in [1.165, 1.54) is 0 Å². The number of methoxy groups -OCH3 is 6. The molecule has 432 valence electrons. The van der Waals surface area contributed by atoms with Gasteiger partial charge in [-0.2, -0.15) is 0 Å². The maximum atomic E-state index is 13.6. The molecule has 0 aliphatic heterocycles. The number of benzene rings is 4. The molecule has 0 radical (unpaired) electrons. The van der Waals surface area contributed by atoms with Gasteiger partial charge in [0.1, 0.15) is 0 Å². The van der Waals surface area contributed by atoms with Gasteiger partial charge in [0.25, 0.3) is 0 Å². The third-order valence-corrected chi connectivity index (χ3v) is 12.8. The molecule has 0 aliphatic rings. The van der Waals surface area contributed by atoms with Gasteiger partial charge in [0.2, 0.25) is 0 Å². The first-order valence-corrected chi connectivity index (χ1v) is 27.7. The molecule has 4 aromatic rings. The Kier molecular flexibility index (Phi) is 31.5. The van der Waals surface area contributed by atoms with Crippen LogP contribution in [0, 0.1) is 0 Å². The molecule has 0 unspecified atom stereocenters. The lowest BCUT2D eigenvalue weighted by molar-refractivity contribution is -0.137. The van der Waals surface area contributed by atoms with Crippen molar-refractivity contribution in [2.24, 2.45) is 0 Å². The zero-order chi connectivity index (χ0) is 56.3. The van der Waals surface area contributed by atoms with Gasteiger partial charge in [-0.3, -0.25) is 28.8 Å². The fourth-order valence-electron chi connectivity index (χ4n) is 8.69. The summed E-state index contributed by atoms with van der Waals surface area (Å²) < 4.78 is 67.5. The number of esters is 6. The van der Waals surface area contributed by atoms with Crippen LogP contribution in [0.25, 0.3) is 32.3 Å². The normalized spacial score (nSPS) is 11.3. The zero-order valence-electron chi connectivity index (χ0n) is 47.0. The van der Waals surface area contributed by atoms with Crippen LogP contribution in [-0.4, -0.2) is 118 Å². The molecular weight excluding hydrogens is 1010 g/mol. The highest BCUT2D eigenvalue weighted by atomic mass is 16.6. The Labute approximate surface area is 459 Å². The molecule has 0 atom stereocenters. The lowest BCUT2D eigenvalue weighted by atomic mass is 9.93. The molecule has 78 heavy (non-hydrogen) atoms. The van der Waals surface area contributed by atoms with E-state index in [2.05, 4.69) is 0 Å². The molecule has 0 heterocycles. The van der Waals surface area contributed by atoms with Gasteiger partial charge in [-0.05, 0) is 146 Å². The topological polar surface area (TPSA) is 213 Å². The summed E-state index contributed by atoms with van der Waals surface area (Å²) in [7, 11) is 9.69. The molecule has 0 bridgehead atoms. The van der Waals surface area contributed by atoms with Crippen molar-refractivity contribution in [1.82, 2.24) is 0 Å². The number of carbonyl (C=O) groups is 6. The van der Waals surface area contributed by atoms with E-state index in [1.807, 2.05) is 0 Å². The molecule has 0 aromatic heterocycles. The summed E-state index contributed by atoms with van der Waals surface area (Å²) in [4.78, 5) is 81.9. The predicted octanol–water partition coefficient (Wildman–Crippen LogP) is 11.8.